The molecule has 2 N–H and O–H groups in total. The predicted molar refractivity (Wildman–Crippen MR) is 99.0 cm³/mol. The topological polar surface area (TPSA) is 80.6 Å². The zero-order valence-electron chi connectivity index (χ0n) is 14.6. The average Bonchev–Trinajstić information content (AvgIpc) is 3.10. The number of furan rings is 1. The number of para-hydroxylation sites is 2. The van der Waals surface area contributed by atoms with Crippen molar-refractivity contribution in [1.29, 1.82) is 0 Å². The summed E-state index contributed by atoms with van der Waals surface area (Å²) in [4.78, 5) is 24.2. The minimum atomic E-state index is -0.554. The highest BCUT2D eigenvalue weighted by Crippen LogP contribution is 2.23. The first-order valence-electron chi connectivity index (χ1n) is 8.30. The van der Waals surface area contributed by atoms with E-state index in [-0.39, 0.29) is 12.6 Å². The fourth-order valence-electron chi connectivity index (χ4n) is 2.66. The van der Waals surface area contributed by atoms with Gasteiger partial charge in [-0.25, -0.2) is 4.79 Å². The summed E-state index contributed by atoms with van der Waals surface area (Å²) in [5.74, 6) is -0.304. The fraction of sp³-hybridized carbons (Fsp3) is 0.200. The SMILES string of the molecule is CNc1ccccc1C(=O)OCC(=O)N[C@@H](C)c1cc2ccccc2o1. The van der Waals surface area contributed by atoms with Gasteiger partial charge in [0.15, 0.2) is 6.61 Å². The second kappa shape index (κ2) is 7.74. The van der Waals surface area contributed by atoms with Crippen molar-refractivity contribution in [1.82, 2.24) is 5.32 Å². The van der Waals surface area contributed by atoms with Gasteiger partial charge in [-0.3, -0.25) is 4.79 Å². The minimum Gasteiger partial charge on any atom is -0.459 e. The summed E-state index contributed by atoms with van der Waals surface area (Å²) in [5, 5.41) is 6.65. The van der Waals surface area contributed by atoms with Gasteiger partial charge in [-0.1, -0.05) is 30.3 Å². The summed E-state index contributed by atoms with van der Waals surface area (Å²) in [6.07, 6.45) is 0. The van der Waals surface area contributed by atoms with E-state index in [0.29, 0.717) is 17.0 Å². The molecule has 6 nitrogen and oxygen atoms in total. The molecule has 0 bridgehead atoms. The van der Waals surface area contributed by atoms with Crippen molar-refractivity contribution >= 4 is 28.5 Å². The Balaban J connectivity index is 1.57. The molecule has 0 aliphatic carbocycles. The lowest BCUT2D eigenvalue weighted by atomic mass is 10.2. The van der Waals surface area contributed by atoms with E-state index >= 15 is 0 Å². The molecule has 2 aromatic carbocycles. The van der Waals surface area contributed by atoms with Crippen LogP contribution in [0.4, 0.5) is 5.69 Å². The van der Waals surface area contributed by atoms with Crippen molar-refractivity contribution in [2.24, 2.45) is 0 Å². The molecule has 1 atom stereocenters. The molecule has 0 spiro atoms. The zero-order valence-corrected chi connectivity index (χ0v) is 14.6. The van der Waals surface area contributed by atoms with E-state index in [2.05, 4.69) is 10.6 Å². The third kappa shape index (κ3) is 3.85. The van der Waals surface area contributed by atoms with Crippen LogP contribution >= 0.6 is 0 Å². The van der Waals surface area contributed by atoms with Gasteiger partial charge in [0.1, 0.15) is 11.3 Å². The van der Waals surface area contributed by atoms with Crippen LogP contribution in [0, 0.1) is 0 Å². The van der Waals surface area contributed by atoms with Crippen LogP contribution in [0.15, 0.2) is 59.0 Å². The molecule has 0 fully saturated rings. The van der Waals surface area contributed by atoms with E-state index < -0.39 is 11.9 Å². The van der Waals surface area contributed by atoms with Gasteiger partial charge in [-0.05, 0) is 31.2 Å². The maximum absolute atomic E-state index is 12.1. The Morgan fingerprint density at radius 1 is 1.12 bits per heavy atom. The van der Waals surface area contributed by atoms with Gasteiger partial charge in [0.2, 0.25) is 0 Å². The number of carbonyl (C=O) groups is 2. The summed E-state index contributed by atoms with van der Waals surface area (Å²) in [5.41, 5.74) is 1.79. The molecule has 3 rings (SSSR count). The van der Waals surface area contributed by atoms with Gasteiger partial charge < -0.3 is 19.8 Å². The smallest absolute Gasteiger partial charge is 0.340 e. The van der Waals surface area contributed by atoms with Crippen molar-refractivity contribution < 1.29 is 18.7 Å². The highest BCUT2D eigenvalue weighted by Gasteiger charge is 2.17. The quantitative estimate of drug-likeness (QED) is 0.664. The monoisotopic (exact) mass is 352 g/mol. The average molecular weight is 352 g/mol. The lowest BCUT2D eigenvalue weighted by Crippen LogP contribution is -2.31. The molecular weight excluding hydrogens is 332 g/mol. The number of amides is 1. The Labute approximate surface area is 151 Å². The summed E-state index contributed by atoms with van der Waals surface area (Å²) >= 11 is 0. The largest absolute Gasteiger partial charge is 0.459 e. The molecule has 1 amide bonds. The molecule has 134 valence electrons. The maximum Gasteiger partial charge on any atom is 0.340 e. The van der Waals surface area contributed by atoms with Crippen LogP contribution in [0.5, 0.6) is 0 Å². The highest BCUT2D eigenvalue weighted by atomic mass is 16.5. The number of hydrogen-bond acceptors (Lipinski definition) is 5. The molecule has 0 aliphatic heterocycles. The zero-order chi connectivity index (χ0) is 18.5. The molecule has 0 saturated carbocycles. The lowest BCUT2D eigenvalue weighted by Gasteiger charge is -2.12. The molecule has 1 aromatic heterocycles. The van der Waals surface area contributed by atoms with Gasteiger partial charge in [-0.15, -0.1) is 0 Å². The summed E-state index contributed by atoms with van der Waals surface area (Å²) < 4.78 is 10.8. The maximum atomic E-state index is 12.1. The second-order valence-corrected chi connectivity index (χ2v) is 5.85. The third-order valence-electron chi connectivity index (χ3n) is 4.00. The molecule has 3 aromatic rings. The van der Waals surface area contributed by atoms with Crippen LogP contribution in [0.1, 0.15) is 29.1 Å². The number of esters is 1. The number of anilines is 1. The lowest BCUT2D eigenvalue weighted by molar-refractivity contribution is -0.125. The standard InChI is InChI=1S/C20H20N2O4/c1-13(18-11-14-7-3-6-10-17(14)26-18)22-19(23)12-25-20(24)15-8-4-5-9-16(15)21-2/h3-11,13,21H,12H2,1-2H3,(H,22,23)/t13-/m0/s1. The third-order valence-corrected chi connectivity index (χ3v) is 4.00. The van der Waals surface area contributed by atoms with E-state index in [1.54, 1.807) is 25.2 Å². The minimum absolute atomic E-state index is 0.335. The van der Waals surface area contributed by atoms with Crippen LogP contribution in [0.2, 0.25) is 0 Å². The van der Waals surface area contributed by atoms with Crippen molar-refractivity contribution in [3.05, 3.63) is 65.9 Å². The Morgan fingerprint density at radius 2 is 1.85 bits per heavy atom. The summed E-state index contributed by atoms with van der Waals surface area (Å²) in [6, 6.07) is 16.1. The van der Waals surface area contributed by atoms with Gasteiger partial charge in [-0.2, -0.15) is 0 Å². The van der Waals surface area contributed by atoms with E-state index in [0.717, 1.165) is 11.0 Å². The Hall–Kier alpha value is -3.28. The molecule has 1 heterocycles. The first kappa shape index (κ1) is 17.5. The Bertz CT molecular complexity index is 899. The Morgan fingerprint density at radius 3 is 2.62 bits per heavy atom. The number of benzene rings is 2. The van der Waals surface area contributed by atoms with Gasteiger partial charge in [0, 0.05) is 18.1 Å². The number of rotatable bonds is 6. The molecule has 0 radical (unpaired) electrons. The van der Waals surface area contributed by atoms with E-state index in [4.69, 9.17) is 9.15 Å². The van der Waals surface area contributed by atoms with Gasteiger partial charge >= 0.3 is 5.97 Å². The Kier molecular flexibility index (Phi) is 5.22. The van der Waals surface area contributed by atoms with Crippen LogP contribution in [0.3, 0.4) is 0 Å². The number of nitrogens with one attached hydrogen (secondary N) is 2. The van der Waals surface area contributed by atoms with Crippen LogP contribution in [-0.2, 0) is 9.53 Å². The van der Waals surface area contributed by atoms with Crippen molar-refractivity contribution in [3.63, 3.8) is 0 Å². The van der Waals surface area contributed by atoms with Gasteiger partial charge in [0.05, 0.1) is 11.6 Å². The summed E-state index contributed by atoms with van der Waals surface area (Å²) in [7, 11) is 1.72. The normalized spacial score (nSPS) is 11.8. The van der Waals surface area contributed by atoms with Crippen molar-refractivity contribution in [2.75, 3.05) is 19.0 Å². The number of fused-ring (bicyclic) bond motifs is 1. The van der Waals surface area contributed by atoms with E-state index in [1.807, 2.05) is 43.3 Å². The molecule has 0 aliphatic rings. The first-order chi connectivity index (χ1) is 12.6. The van der Waals surface area contributed by atoms with Crippen molar-refractivity contribution in [2.45, 2.75) is 13.0 Å². The molecule has 26 heavy (non-hydrogen) atoms. The number of hydrogen-bond donors (Lipinski definition) is 2. The van der Waals surface area contributed by atoms with Crippen molar-refractivity contribution in [3.8, 4) is 0 Å². The van der Waals surface area contributed by atoms with Crippen LogP contribution < -0.4 is 10.6 Å². The summed E-state index contributed by atoms with van der Waals surface area (Å²) in [6.45, 7) is 1.45. The second-order valence-electron chi connectivity index (χ2n) is 5.85. The first-order valence-corrected chi connectivity index (χ1v) is 8.30. The van der Waals surface area contributed by atoms with E-state index in [9.17, 15) is 9.59 Å². The van der Waals surface area contributed by atoms with E-state index in [1.165, 1.54) is 0 Å². The molecule has 6 heteroatoms. The van der Waals surface area contributed by atoms with Gasteiger partial charge in [0.25, 0.3) is 5.91 Å². The fourth-order valence-corrected chi connectivity index (χ4v) is 2.66. The number of carbonyl (C=O) groups excluding carboxylic acids is 2. The highest BCUT2D eigenvalue weighted by molar-refractivity contribution is 5.96. The number of ether oxygens (including phenoxy) is 1. The van der Waals surface area contributed by atoms with Crippen LogP contribution in [-0.4, -0.2) is 25.5 Å². The molecule has 0 unspecified atom stereocenters. The molecular formula is C20H20N2O4. The molecule has 0 saturated heterocycles. The predicted octanol–water partition coefficient (Wildman–Crippen LogP) is 3.51. The van der Waals surface area contributed by atoms with Crippen LogP contribution in [0.25, 0.3) is 11.0 Å².